The summed E-state index contributed by atoms with van der Waals surface area (Å²) in [6, 6.07) is 5.56. The Balaban J connectivity index is 2.21. The monoisotopic (exact) mass is 260 g/mol. The van der Waals surface area contributed by atoms with Crippen molar-refractivity contribution >= 4 is 17.4 Å². The predicted molar refractivity (Wildman–Crippen MR) is 75.4 cm³/mol. The van der Waals surface area contributed by atoms with Crippen LogP contribution in [0.15, 0.2) is 18.2 Å². The van der Waals surface area contributed by atoms with Crippen LogP contribution in [-0.4, -0.2) is 37.2 Å². The van der Waals surface area contributed by atoms with Crippen molar-refractivity contribution in [3.8, 4) is 0 Å². The number of benzene rings is 1. The molecule has 0 fully saturated rings. The Morgan fingerprint density at radius 2 is 2.16 bits per heavy atom. The van der Waals surface area contributed by atoms with E-state index in [2.05, 4.69) is 10.2 Å². The Morgan fingerprint density at radius 3 is 2.79 bits per heavy atom. The van der Waals surface area contributed by atoms with Gasteiger partial charge in [-0.1, -0.05) is 0 Å². The standard InChI is InChI=1S/C15H20N2O2/c1-10(18)16-13-6-7-14-11(8-13)4-5-12(15(14)19)9-17(2)3/h6-8,12H,4-5,9H2,1-3H3,(H,16,18). The Morgan fingerprint density at radius 1 is 1.42 bits per heavy atom. The van der Waals surface area contributed by atoms with Crippen LogP contribution in [0.2, 0.25) is 0 Å². The number of ketones is 1. The second-order valence-electron chi connectivity index (χ2n) is 5.42. The highest BCUT2D eigenvalue weighted by Gasteiger charge is 2.27. The lowest BCUT2D eigenvalue weighted by Gasteiger charge is -2.26. The van der Waals surface area contributed by atoms with Gasteiger partial charge in [-0.2, -0.15) is 0 Å². The third kappa shape index (κ3) is 3.20. The molecule has 4 nitrogen and oxygen atoms in total. The van der Waals surface area contributed by atoms with Crippen molar-refractivity contribution in [3.63, 3.8) is 0 Å². The van der Waals surface area contributed by atoms with Crippen molar-refractivity contribution in [2.24, 2.45) is 5.92 Å². The lowest BCUT2D eigenvalue weighted by Crippen LogP contribution is -2.31. The number of anilines is 1. The molecule has 2 rings (SSSR count). The van der Waals surface area contributed by atoms with Gasteiger partial charge in [0, 0.05) is 30.6 Å². The molecule has 1 unspecified atom stereocenters. The first-order chi connectivity index (χ1) is 8.97. The molecular formula is C15H20N2O2. The fourth-order valence-electron chi connectivity index (χ4n) is 2.62. The SMILES string of the molecule is CC(=O)Nc1ccc2c(c1)CCC(CN(C)C)C2=O. The maximum absolute atomic E-state index is 12.4. The Labute approximate surface area is 113 Å². The number of amides is 1. The molecule has 0 saturated heterocycles. The minimum Gasteiger partial charge on any atom is -0.326 e. The maximum atomic E-state index is 12.4. The fraction of sp³-hybridized carbons (Fsp3) is 0.467. The van der Waals surface area contributed by atoms with E-state index in [1.54, 1.807) is 6.07 Å². The van der Waals surface area contributed by atoms with Crippen LogP contribution in [-0.2, 0) is 11.2 Å². The largest absolute Gasteiger partial charge is 0.326 e. The number of Topliss-reactive ketones (excluding diaryl/α,β-unsaturated/α-hetero) is 1. The van der Waals surface area contributed by atoms with Gasteiger partial charge >= 0.3 is 0 Å². The van der Waals surface area contributed by atoms with Gasteiger partial charge in [0.15, 0.2) is 5.78 Å². The van der Waals surface area contributed by atoms with Crippen LogP contribution >= 0.6 is 0 Å². The van der Waals surface area contributed by atoms with E-state index in [-0.39, 0.29) is 17.6 Å². The molecule has 0 saturated carbocycles. The molecule has 1 amide bonds. The number of hydrogen-bond acceptors (Lipinski definition) is 3. The lowest BCUT2D eigenvalue weighted by atomic mass is 9.82. The minimum absolute atomic E-state index is 0.0902. The second kappa shape index (κ2) is 5.53. The van der Waals surface area contributed by atoms with E-state index in [4.69, 9.17) is 0 Å². The van der Waals surface area contributed by atoms with Crippen LogP contribution < -0.4 is 5.32 Å². The first-order valence-corrected chi connectivity index (χ1v) is 6.57. The summed E-state index contributed by atoms with van der Waals surface area (Å²) in [4.78, 5) is 25.5. The summed E-state index contributed by atoms with van der Waals surface area (Å²) in [5.74, 6) is 0.228. The molecule has 19 heavy (non-hydrogen) atoms. The summed E-state index contributed by atoms with van der Waals surface area (Å²) in [6.45, 7) is 2.28. The third-order valence-electron chi connectivity index (χ3n) is 3.41. The van der Waals surface area contributed by atoms with Crippen molar-refractivity contribution in [1.82, 2.24) is 4.90 Å². The molecule has 1 aromatic carbocycles. The Hall–Kier alpha value is -1.68. The number of carbonyl (C=O) groups excluding carboxylic acids is 2. The van der Waals surface area contributed by atoms with Crippen molar-refractivity contribution < 1.29 is 9.59 Å². The van der Waals surface area contributed by atoms with Crippen LogP contribution in [0.25, 0.3) is 0 Å². The van der Waals surface area contributed by atoms with Gasteiger partial charge in [-0.05, 0) is 50.7 Å². The predicted octanol–water partition coefficient (Wildman–Crippen LogP) is 1.95. The number of fused-ring (bicyclic) bond motifs is 1. The van der Waals surface area contributed by atoms with E-state index in [0.29, 0.717) is 0 Å². The molecule has 4 heteroatoms. The maximum Gasteiger partial charge on any atom is 0.221 e. The molecule has 1 N–H and O–H groups in total. The van der Waals surface area contributed by atoms with E-state index in [1.807, 2.05) is 26.2 Å². The molecule has 0 spiro atoms. The minimum atomic E-state index is -0.0902. The van der Waals surface area contributed by atoms with Crippen LogP contribution in [0.5, 0.6) is 0 Å². The molecule has 0 bridgehead atoms. The number of hydrogen-bond donors (Lipinski definition) is 1. The molecule has 0 aliphatic heterocycles. The van der Waals surface area contributed by atoms with E-state index in [0.717, 1.165) is 36.2 Å². The summed E-state index contributed by atoms with van der Waals surface area (Å²) in [5, 5.41) is 2.75. The number of nitrogens with zero attached hydrogens (tertiary/aromatic N) is 1. The Kier molecular flexibility index (Phi) is 4.00. The van der Waals surface area contributed by atoms with Crippen molar-refractivity contribution in [2.45, 2.75) is 19.8 Å². The quantitative estimate of drug-likeness (QED) is 0.903. The summed E-state index contributed by atoms with van der Waals surface area (Å²) in [6.07, 6.45) is 1.78. The average Bonchev–Trinajstić information content (AvgIpc) is 2.31. The zero-order valence-corrected chi connectivity index (χ0v) is 11.7. The van der Waals surface area contributed by atoms with Gasteiger partial charge in [0.2, 0.25) is 5.91 Å². The van der Waals surface area contributed by atoms with Gasteiger partial charge in [0.05, 0.1) is 0 Å². The second-order valence-corrected chi connectivity index (χ2v) is 5.42. The van der Waals surface area contributed by atoms with Gasteiger partial charge in [0.1, 0.15) is 0 Å². The normalized spacial score (nSPS) is 18.3. The van der Waals surface area contributed by atoms with E-state index in [9.17, 15) is 9.59 Å². The lowest BCUT2D eigenvalue weighted by molar-refractivity contribution is -0.114. The van der Waals surface area contributed by atoms with Crippen molar-refractivity contribution in [1.29, 1.82) is 0 Å². The Bertz CT molecular complexity index is 509. The zero-order valence-electron chi connectivity index (χ0n) is 11.7. The smallest absolute Gasteiger partial charge is 0.221 e. The molecular weight excluding hydrogens is 240 g/mol. The molecule has 102 valence electrons. The molecule has 1 atom stereocenters. The number of nitrogens with one attached hydrogen (secondary N) is 1. The molecule has 0 heterocycles. The molecule has 1 aromatic rings. The first kappa shape index (κ1) is 13.7. The molecule has 1 aliphatic carbocycles. The summed E-state index contributed by atoms with van der Waals surface area (Å²) < 4.78 is 0. The van der Waals surface area contributed by atoms with Crippen molar-refractivity contribution in [2.75, 3.05) is 26.0 Å². The van der Waals surface area contributed by atoms with E-state index in [1.165, 1.54) is 6.92 Å². The summed E-state index contributed by atoms with van der Waals surface area (Å²) >= 11 is 0. The van der Waals surface area contributed by atoms with Crippen LogP contribution in [0.4, 0.5) is 5.69 Å². The third-order valence-corrected chi connectivity index (χ3v) is 3.41. The highest BCUT2D eigenvalue weighted by Crippen LogP contribution is 2.28. The van der Waals surface area contributed by atoms with Gasteiger partial charge in [-0.15, -0.1) is 0 Å². The highest BCUT2D eigenvalue weighted by atomic mass is 16.1. The van der Waals surface area contributed by atoms with Crippen molar-refractivity contribution in [3.05, 3.63) is 29.3 Å². The van der Waals surface area contributed by atoms with Crippen LogP contribution in [0.3, 0.4) is 0 Å². The molecule has 1 aliphatic rings. The number of aryl methyl sites for hydroxylation is 1. The van der Waals surface area contributed by atoms with Gasteiger partial charge in [-0.3, -0.25) is 9.59 Å². The van der Waals surface area contributed by atoms with Gasteiger partial charge in [-0.25, -0.2) is 0 Å². The summed E-state index contributed by atoms with van der Waals surface area (Å²) in [5.41, 5.74) is 2.63. The van der Waals surface area contributed by atoms with E-state index < -0.39 is 0 Å². The van der Waals surface area contributed by atoms with Gasteiger partial charge in [0.25, 0.3) is 0 Å². The van der Waals surface area contributed by atoms with Crippen LogP contribution in [0.1, 0.15) is 29.3 Å². The number of carbonyl (C=O) groups is 2. The molecule has 0 aromatic heterocycles. The first-order valence-electron chi connectivity index (χ1n) is 6.57. The highest BCUT2D eigenvalue weighted by molar-refractivity contribution is 6.01. The molecule has 0 radical (unpaired) electrons. The van der Waals surface area contributed by atoms with Gasteiger partial charge < -0.3 is 10.2 Å². The number of rotatable bonds is 3. The average molecular weight is 260 g/mol. The fourth-order valence-corrected chi connectivity index (χ4v) is 2.62. The topological polar surface area (TPSA) is 49.4 Å². The van der Waals surface area contributed by atoms with E-state index >= 15 is 0 Å². The van der Waals surface area contributed by atoms with Crippen LogP contribution in [0, 0.1) is 5.92 Å². The zero-order chi connectivity index (χ0) is 14.0. The summed E-state index contributed by atoms with van der Waals surface area (Å²) in [7, 11) is 3.98.